The molecular formula is C39H45IN6O9S2. The van der Waals surface area contributed by atoms with Crippen molar-refractivity contribution in [2.75, 3.05) is 27.9 Å². The zero-order valence-corrected chi connectivity index (χ0v) is 36.4. The number of sulfonamides is 1. The van der Waals surface area contributed by atoms with Gasteiger partial charge in [-0.25, -0.2) is 21.6 Å². The summed E-state index contributed by atoms with van der Waals surface area (Å²) in [6.07, 6.45) is -0.816. The smallest absolute Gasteiger partial charge is 0.407 e. The molecule has 0 saturated carbocycles. The number of hydrogen-bond donors (Lipinski definition) is 1. The Morgan fingerprint density at radius 3 is 1.75 bits per heavy atom. The lowest BCUT2D eigenvalue weighted by Gasteiger charge is -2.26. The molecule has 4 aromatic carbocycles. The highest BCUT2D eigenvalue weighted by Crippen LogP contribution is 2.39. The van der Waals surface area contributed by atoms with Crippen molar-refractivity contribution in [3.05, 3.63) is 105 Å². The highest BCUT2D eigenvalue weighted by atomic mass is 127. The number of halogens is 1. The maximum absolute atomic E-state index is 15.4. The largest absolute Gasteiger partial charge is 0.497 e. The molecular weight excluding hydrogens is 887 g/mol. The van der Waals surface area contributed by atoms with Gasteiger partial charge in [-0.1, -0.05) is 36.4 Å². The molecule has 5 rings (SSSR count). The number of amides is 1. The third-order valence-electron chi connectivity index (χ3n) is 8.63. The summed E-state index contributed by atoms with van der Waals surface area (Å²) in [4.78, 5) is 12.8. The number of nitrogens with one attached hydrogen (secondary N) is 1. The average Bonchev–Trinajstić information content (AvgIpc) is 3.64. The van der Waals surface area contributed by atoms with Gasteiger partial charge in [-0.15, -0.1) is 10.2 Å². The lowest BCUT2D eigenvalue weighted by Crippen LogP contribution is -2.39. The Morgan fingerprint density at radius 2 is 1.28 bits per heavy atom. The van der Waals surface area contributed by atoms with Crippen molar-refractivity contribution in [1.29, 1.82) is 0 Å². The van der Waals surface area contributed by atoms with Crippen LogP contribution in [0.4, 0.5) is 4.79 Å². The molecule has 57 heavy (non-hydrogen) atoms. The van der Waals surface area contributed by atoms with Crippen LogP contribution < -0.4 is 19.5 Å². The van der Waals surface area contributed by atoms with Crippen LogP contribution in [0, 0.1) is 3.57 Å². The number of aromatic nitrogens is 4. The van der Waals surface area contributed by atoms with E-state index in [2.05, 4.69) is 20.7 Å². The molecule has 0 bridgehead atoms. The number of tetrazole rings is 1. The van der Waals surface area contributed by atoms with Crippen molar-refractivity contribution in [2.45, 2.75) is 68.0 Å². The first-order valence-corrected chi connectivity index (χ1v) is 21.7. The first-order valence-electron chi connectivity index (χ1n) is 17.7. The molecule has 0 fully saturated rings. The summed E-state index contributed by atoms with van der Waals surface area (Å²) >= 11 is 1.95. The second-order valence-corrected chi connectivity index (χ2v) is 19.3. The van der Waals surface area contributed by atoms with E-state index in [-0.39, 0.29) is 37.6 Å². The van der Waals surface area contributed by atoms with Gasteiger partial charge in [0.2, 0.25) is 15.8 Å². The van der Waals surface area contributed by atoms with E-state index in [1.165, 1.54) is 42.4 Å². The number of alkyl carbamates (subject to hydrolysis) is 1. The molecule has 1 atom stereocenters. The number of methoxy groups -OCH3 is 3. The molecule has 0 aliphatic rings. The molecule has 0 spiro atoms. The van der Waals surface area contributed by atoms with Gasteiger partial charge in [-0.05, 0) is 121 Å². The van der Waals surface area contributed by atoms with Gasteiger partial charge >= 0.3 is 6.09 Å². The zero-order chi connectivity index (χ0) is 41.5. The summed E-state index contributed by atoms with van der Waals surface area (Å²) in [6.45, 7) is 5.96. The average molecular weight is 933 g/mol. The highest BCUT2D eigenvalue weighted by Gasteiger charge is 2.39. The number of carbonyl (C=O) groups is 1. The van der Waals surface area contributed by atoms with Crippen LogP contribution in [0.5, 0.6) is 17.2 Å². The summed E-state index contributed by atoms with van der Waals surface area (Å²) in [5.74, 6) is 1.72. The molecule has 1 heterocycles. The quantitative estimate of drug-likeness (QED) is 0.113. The SMILES string of the molecule is COc1ccc(CN(Cc2ccc(OC)cc2)S(=O)(=O)c2c(S(=O)(=O)[C@@H](C)CNC(=O)OC(C)(C)C)ccc(I)c2-c2nnn(Cc3ccc(OC)cc3)n2)cc1. The number of benzene rings is 4. The Bertz CT molecular complexity index is 2340. The molecule has 304 valence electrons. The standard InChI is InChI=1S/C39H45IN6O9S2/c1-26(22-41-38(47)55-39(2,3)4)56(48,49)34-21-20-33(40)35(37-42-44-46(43-37)25-29-12-18-32(54-7)19-13-29)36(34)57(50,51)45(23-27-8-14-30(52-5)15-9-27)24-28-10-16-31(53-6)17-11-28/h8-21,26H,22-25H2,1-7H3,(H,41,47)/t26-/m0/s1. The van der Waals surface area contributed by atoms with Gasteiger partial charge in [-0.2, -0.15) is 9.10 Å². The van der Waals surface area contributed by atoms with E-state index >= 15 is 8.42 Å². The molecule has 0 radical (unpaired) electrons. The normalized spacial score (nSPS) is 12.6. The third-order valence-corrected chi connectivity index (χ3v) is 13.7. The number of carbonyl (C=O) groups excluding carboxylic acids is 1. The summed E-state index contributed by atoms with van der Waals surface area (Å²) in [7, 11) is -4.62. The first kappa shape index (κ1) is 43.3. The monoisotopic (exact) mass is 932 g/mol. The molecule has 1 amide bonds. The zero-order valence-electron chi connectivity index (χ0n) is 32.6. The Labute approximate surface area is 346 Å². The molecule has 1 N–H and O–H groups in total. The number of rotatable bonds is 16. The predicted octanol–water partition coefficient (Wildman–Crippen LogP) is 6.10. The van der Waals surface area contributed by atoms with Gasteiger partial charge in [0.05, 0.1) is 43.6 Å². The summed E-state index contributed by atoms with van der Waals surface area (Å²) in [5.41, 5.74) is 1.17. The van der Waals surface area contributed by atoms with Crippen LogP contribution in [0.1, 0.15) is 44.4 Å². The van der Waals surface area contributed by atoms with Crippen molar-refractivity contribution in [3.8, 4) is 28.6 Å². The summed E-state index contributed by atoms with van der Waals surface area (Å²) < 4.78 is 82.8. The lowest BCUT2D eigenvalue weighted by atomic mass is 10.2. The molecule has 0 saturated heterocycles. The van der Waals surface area contributed by atoms with Crippen LogP contribution in [0.15, 0.2) is 94.7 Å². The van der Waals surface area contributed by atoms with Gasteiger partial charge in [0.15, 0.2) is 9.84 Å². The molecule has 0 aliphatic carbocycles. The first-order chi connectivity index (χ1) is 26.9. The van der Waals surface area contributed by atoms with E-state index < -0.39 is 46.6 Å². The number of ether oxygens (including phenoxy) is 4. The Kier molecular flexibility index (Phi) is 13.8. The highest BCUT2D eigenvalue weighted by molar-refractivity contribution is 14.1. The summed E-state index contributed by atoms with van der Waals surface area (Å²) in [5, 5.41) is 14.2. The van der Waals surface area contributed by atoms with E-state index in [0.29, 0.717) is 31.9 Å². The molecule has 15 nitrogen and oxygen atoms in total. The minimum absolute atomic E-state index is 0.0422. The van der Waals surface area contributed by atoms with Gasteiger partial charge in [0.25, 0.3) is 0 Å². The minimum atomic E-state index is -4.75. The van der Waals surface area contributed by atoms with Crippen LogP contribution in [0.25, 0.3) is 11.4 Å². The van der Waals surface area contributed by atoms with E-state index in [4.69, 9.17) is 18.9 Å². The molecule has 1 aromatic heterocycles. The van der Waals surface area contributed by atoms with Crippen LogP contribution in [0.3, 0.4) is 0 Å². The van der Waals surface area contributed by atoms with E-state index in [0.717, 1.165) is 5.56 Å². The van der Waals surface area contributed by atoms with Crippen molar-refractivity contribution >= 4 is 48.5 Å². The number of nitrogens with zero attached hydrogens (tertiary/aromatic N) is 5. The summed E-state index contributed by atoms with van der Waals surface area (Å²) in [6, 6.07) is 23.8. The Morgan fingerprint density at radius 1 is 0.789 bits per heavy atom. The van der Waals surface area contributed by atoms with E-state index in [9.17, 15) is 13.2 Å². The number of hydrogen-bond acceptors (Lipinski definition) is 12. The van der Waals surface area contributed by atoms with Gasteiger partial charge in [0.1, 0.15) is 27.7 Å². The van der Waals surface area contributed by atoms with Gasteiger partial charge in [0, 0.05) is 23.2 Å². The second-order valence-electron chi connectivity index (χ2n) is 13.9. The number of sulfone groups is 1. The van der Waals surface area contributed by atoms with E-state index in [1.807, 2.05) is 34.7 Å². The fourth-order valence-corrected chi connectivity index (χ4v) is 10.2. The van der Waals surface area contributed by atoms with Crippen molar-refractivity contribution in [3.63, 3.8) is 0 Å². The van der Waals surface area contributed by atoms with Crippen LogP contribution in [0.2, 0.25) is 0 Å². The molecule has 5 aromatic rings. The van der Waals surface area contributed by atoms with Gasteiger partial charge in [-0.3, -0.25) is 0 Å². The predicted molar refractivity (Wildman–Crippen MR) is 221 cm³/mol. The fraction of sp³-hybridized carbons (Fsp3) is 0.333. The maximum Gasteiger partial charge on any atom is 0.407 e. The maximum atomic E-state index is 15.4. The minimum Gasteiger partial charge on any atom is -0.497 e. The molecule has 18 heteroatoms. The van der Waals surface area contributed by atoms with Crippen LogP contribution in [-0.2, 0) is 44.2 Å². The topological polar surface area (TPSA) is 181 Å². The van der Waals surface area contributed by atoms with Crippen molar-refractivity contribution in [2.24, 2.45) is 0 Å². The second kappa shape index (κ2) is 18.2. The van der Waals surface area contributed by atoms with Gasteiger partial charge < -0.3 is 24.3 Å². The van der Waals surface area contributed by atoms with E-state index in [1.54, 1.807) is 88.5 Å². The van der Waals surface area contributed by atoms with Crippen LogP contribution >= 0.6 is 22.6 Å². The molecule has 0 unspecified atom stereocenters. The lowest BCUT2D eigenvalue weighted by molar-refractivity contribution is 0.0528. The molecule has 0 aliphatic heterocycles. The van der Waals surface area contributed by atoms with Crippen LogP contribution in [-0.4, -0.2) is 86.2 Å². The van der Waals surface area contributed by atoms with Crippen molar-refractivity contribution in [1.82, 2.24) is 29.8 Å². The van der Waals surface area contributed by atoms with Crippen molar-refractivity contribution < 1.29 is 40.6 Å². The Balaban J connectivity index is 1.67. The Hall–Kier alpha value is -4.79. The third kappa shape index (κ3) is 10.8. The fourth-order valence-electron chi connectivity index (χ4n) is 5.62.